The van der Waals surface area contributed by atoms with Crippen LogP contribution in [0.25, 0.3) is 0 Å². The van der Waals surface area contributed by atoms with Gasteiger partial charge in [-0.05, 0) is 26.2 Å². The van der Waals surface area contributed by atoms with E-state index in [1.807, 2.05) is 0 Å². The smallest absolute Gasteiger partial charge is 0.0880 e. The van der Waals surface area contributed by atoms with Crippen LogP contribution in [0.4, 0.5) is 0 Å². The molecule has 0 aliphatic carbocycles. The fourth-order valence-electron chi connectivity index (χ4n) is 3.23. The third kappa shape index (κ3) is 2.04. The minimum atomic E-state index is 0.221. The zero-order valence-corrected chi connectivity index (χ0v) is 9.93. The van der Waals surface area contributed by atoms with E-state index in [9.17, 15) is 10.4 Å². The summed E-state index contributed by atoms with van der Waals surface area (Å²) in [6.07, 6.45) is 1.10. The maximum absolute atomic E-state index is 11.1. The van der Waals surface area contributed by atoms with Crippen LogP contribution in [-0.2, 0) is 0 Å². The Balaban J connectivity index is 1.85. The molecule has 2 fully saturated rings. The quantitative estimate of drug-likeness (QED) is 0.581. The molecule has 2 heterocycles. The highest BCUT2D eigenvalue weighted by atomic mass is 16.5. The van der Waals surface area contributed by atoms with Crippen molar-refractivity contribution in [2.24, 2.45) is 16.7 Å². The molecule has 0 amide bonds. The third-order valence-corrected chi connectivity index (χ3v) is 4.44. The van der Waals surface area contributed by atoms with Gasteiger partial charge in [0.1, 0.15) is 0 Å². The molecule has 0 aromatic rings. The molecule has 0 spiro atoms. The van der Waals surface area contributed by atoms with Crippen molar-refractivity contribution in [1.82, 2.24) is 0 Å². The van der Waals surface area contributed by atoms with Gasteiger partial charge in [0.25, 0.3) is 0 Å². The molecule has 0 radical (unpaired) electrons. The second kappa shape index (κ2) is 3.42. The van der Waals surface area contributed by atoms with Gasteiger partial charge in [0, 0.05) is 0 Å². The molecule has 0 saturated carbocycles. The summed E-state index contributed by atoms with van der Waals surface area (Å²) in [5.41, 5.74) is 0.455. The van der Waals surface area contributed by atoms with Crippen LogP contribution in [0.5, 0.6) is 0 Å². The van der Waals surface area contributed by atoms with Crippen LogP contribution < -0.4 is 10.1 Å². The van der Waals surface area contributed by atoms with E-state index in [1.165, 1.54) is 0 Å². The number of nitrogens with one attached hydrogen (secondary N) is 2. The minimum Gasteiger partial charge on any atom is -0.634 e. The van der Waals surface area contributed by atoms with Crippen molar-refractivity contribution < 1.29 is 10.1 Å². The van der Waals surface area contributed by atoms with E-state index < -0.39 is 0 Å². The lowest BCUT2D eigenvalue weighted by Crippen LogP contribution is -3.19. The van der Waals surface area contributed by atoms with Crippen LogP contribution in [0.15, 0.2) is 0 Å². The molecule has 1 atom stereocenters. The largest absolute Gasteiger partial charge is 0.634 e. The van der Waals surface area contributed by atoms with Crippen LogP contribution in [0, 0.1) is 27.2 Å². The van der Waals surface area contributed by atoms with Crippen LogP contribution in [-0.4, -0.2) is 26.2 Å². The van der Waals surface area contributed by atoms with Crippen LogP contribution >= 0.6 is 0 Å². The zero-order chi connectivity index (χ0) is 11.3. The van der Waals surface area contributed by atoms with Gasteiger partial charge < -0.3 is 20.5 Å². The average Bonchev–Trinajstić information content (AvgIpc) is 1.98. The predicted molar refractivity (Wildman–Crippen MR) is 58.1 cm³/mol. The third-order valence-electron chi connectivity index (χ3n) is 4.44. The summed E-state index contributed by atoms with van der Waals surface area (Å²) < 4.78 is 0. The molecule has 2 aliphatic heterocycles. The standard InChI is InChI=1S/C11H22N2O2/c1-9(11(3)7-13(15)8-11)4-10(2)5-12(14)6-10/h9,12-13H,4-8H2,1-3H3. The van der Waals surface area contributed by atoms with Crippen molar-refractivity contribution in [3.8, 4) is 0 Å². The monoisotopic (exact) mass is 214 g/mol. The first-order valence-corrected chi connectivity index (χ1v) is 5.86. The van der Waals surface area contributed by atoms with Crippen molar-refractivity contribution >= 4 is 0 Å². The number of hydroxylamine groups is 4. The molecule has 2 N–H and O–H groups in total. The van der Waals surface area contributed by atoms with E-state index in [1.54, 1.807) is 0 Å². The van der Waals surface area contributed by atoms with Gasteiger partial charge in [-0.1, -0.05) is 6.92 Å². The Bertz CT molecular complexity index is 245. The Hall–Kier alpha value is -0.160. The highest BCUT2D eigenvalue weighted by Crippen LogP contribution is 2.38. The molecule has 0 aromatic carbocycles. The normalized spacial score (nSPS) is 51.8. The zero-order valence-electron chi connectivity index (χ0n) is 9.93. The molecule has 0 bridgehead atoms. The number of hydrogen-bond donors (Lipinski definition) is 2. The van der Waals surface area contributed by atoms with Crippen molar-refractivity contribution in [2.75, 3.05) is 26.2 Å². The van der Waals surface area contributed by atoms with E-state index in [-0.39, 0.29) is 10.8 Å². The van der Waals surface area contributed by atoms with Crippen LogP contribution in [0.3, 0.4) is 0 Å². The van der Waals surface area contributed by atoms with E-state index in [2.05, 4.69) is 20.8 Å². The van der Waals surface area contributed by atoms with E-state index in [0.29, 0.717) is 16.0 Å². The van der Waals surface area contributed by atoms with Crippen LogP contribution in [0.1, 0.15) is 27.2 Å². The van der Waals surface area contributed by atoms with Crippen molar-refractivity contribution in [3.05, 3.63) is 10.4 Å². The maximum atomic E-state index is 11.1. The van der Waals surface area contributed by atoms with Gasteiger partial charge in [-0.25, -0.2) is 0 Å². The summed E-state index contributed by atoms with van der Waals surface area (Å²) in [6, 6.07) is 0. The van der Waals surface area contributed by atoms with Crippen molar-refractivity contribution in [3.63, 3.8) is 0 Å². The number of quaternary nitrogens is 2. The van der Waals surface area contributed by atoms with Gasteiger partial charge in [-0.3, -0.25) is 0 Å². The lowest BCUT2D eigenvalue weighted by atomic mass is 9.65. The highest BCUT2D eigenvalue weighted by Gasteiger charge is 2.49. The van der Waals surface area contributed by atoms with E-state index in [4.69, 9.17) is 0 Å². The Morgan fingerprint density at radius 1 is 1.07 bits per heavy atom. The molecule has 2 aliphatic rings. The van der Waals surface area contributed by atoms with E-state index in [0.717, 1.165) is 32.6 Å². The summed E-state index contributed by atoms with van der Waals surface area (Å²) in [4.78, 5) is 0. The van der Waals surface area contributed by atoms with Gasteiger partial charge >= 0.3 is 0 Å². The van der Waals surface area contributed by atoms with Gasteiger partial charge in [0.05, 0.1) is 37.0 Å². The Morgan fingerprint density at radius 2 is 1.53 bits per heavy atom. The predicted octanol–water partition coefficient (Wildman–Crippen LogP) is -1.18. The van der Waals surface area contributed by atoms with Crippen molar-refractivity contribution in [2.45, 2.75) is 27.2 Å². The lowest BCUT2D eigenvalue weighted by molar-refractivity contribution is -0.920. The molecule has 1 unspecified atom stereocenters. The molecule has 0 aromatic heterocycles. The molecule has 2 rings (SSSR count). The Morgan fingerprint density at radius 3 is 1.93 bits per heavy atom. The van der Waals surface area contributed by atoms with Crippen LogP contribution in [0.2, 0.25) is 0 Å². The van der Waals surface area contributed by atoms with Crippen molar-refractivity contribution in [1.29, 1.82) is 0 Å². The van der Waals surface area contributed by atoms with Gasteiger partial charge in [0.15, 0.2) is 0 Å². The fourth-order valence-corrected chi connectivity index (χ4v) is 3.23. The van der Waals surface area contributed by atoms with Gasteiger partial charge in [0.2, 0.25) is 0 Å². The molecular weight excluding hydrogens is 192 g/mol. The number of rotatable bonds is 3. The topological polar surface area (TPSA) is 55.0 Å². The second-order valence-corrected chi connectivity index (χ2v) is 6.35. The molecule has 88 valence electrons. The lowest BCUT2D eigenvalue weighted by Gasteiger charge is -2.54. The first kappa shape index (κ1) is 11.3. The van der Waals surface area contributed by atoms with E-state index >= 15 is 0 Å². The summed E-state index contributed by atoms with van der Waals surface area (Å²) in [6.45, 7) is 9.65. The average molecular weight is 214 g/mol. The number of hydrogen-bond acceptors (Lipinski definition) is 2. The second-order valence-electron chi connectivity index (χ2n) is 6.35. The SMILES string of the molecule is CC(CC1(C)C[NH+]([O-])C1)C1(C)C[NH+]([O-])C1. The maximum Gasteiger partial charge on any atom is 0.0880 e. The molecule has 2 saturated heterocycles. The Labute approximate surface area is 91.4 Å². The van der Waals surface area contributed by atoms with Gasteiger partial charge in [-0.2, -0.15) is 0 Å². The minimum absolute atomic E-state index is 0.221. The highest BCUT2D eigenvalue weighted by molar-refractivity contribution is 4.90. The first-order chi connectivity index (χ1) is 6.83. The summed E-state index contributed by atoms with van der Waals surface area (Å²) >= 11 is 0. The molecule has 4 heteroatoms. The summed E-state index contributed by atoms with van der Waals surface area (Å²) in [5.74, 6) is 0.563. The molecule has 15 heavy (non-hydrogen) atoms. The molecule has 4 nitrogen and oxygen atoms in total. The summed E-state index contributed by atoms with van der Waals surface area (Å²) in [7, 11) is 0. The fraction of sp³-hybridized carbons (Fsp3) is 1.00. The molecular formula is C11H22N2O2. The Kier molecular flexibility index (Phi) is 2.58. The summed E-state index contributed by atoms with van der Waals surface area (Å²) in [5, 5.41) is 22.9. The van der Waals surface area contributed by atoms with Gasteiger partial charge in [-0.15, -0.1) is 0 Å². The first-order valence-electron chi connectivity index (χ1n) is 5.86.